The summed E-state index contributed by atoms with van der Waals surface area (Å²) in [5, 5.41) is 5.73. The Morgan fingerprint density at radius 1 is 0.842 bits per heavy atom. The molecule has 0 radical (unpaired) electrons. The number of nitrogens with two attached hydrogens (primary N) is 1. The molecule has 0 aromatic heterocycles. The topological polar surface area (TPSA) is 38.0 Å². The van der Waals surface area contributed by atoms with Gasteiger partial charge in [-0.2, -0.15) is 0 Å². The highest BCUT2D eigenvalue weighted by Crippen LogP contribution is 2.33. The summed E-state index contributed by atoms with van der Waals surface area (Å²) in [5.74, 6) is 0. The minimum Gasteiger partial charge on any atom is -0.398 e. The minimum atomic E-state index is 0.826. The Morgan fingerprint density at radius 3 is 2.21 bits per heavy atom. The summed E-state index contributed by atoms with van der Waals surface area (Å²) in [6.45, 7) is 2.08. The number of para-hydroxylation sites is 1. The minimum absolute atomic E-state index is 0.826. The number of hydrogen-bond donors (Lipinski definition) is 2. The van der Waals surface area contributed by atoms with E-state index in [1.807, 2.05) is 36.4 Å². The molecular weight excluding hydrogens is 232 g/mol. The number of aryl methyl sites for hydroxylation is 1. The monoisotopic (exact) mass is 248 g/mol. The van der Waals surface area contributed by atoms with Gasteiger partial charge < -0.3 is 11.1 Å². The molecule has 0 bridgehead atoms. The van der Waals surface area contributed by atoms with Crippen molar-refractivity contribution < 1.29 is 0 Å². The van der Waals surface area contributed by atoms with Crippen LogP contribution in [0.5, 0.6) is 0 Å². The van der Waals surface area contributed by atoms with Crippen LogP contribution in [0.4, 0.5) is 17.1 Å². The Kier molecular flexibility index (Phi) is 2.84. The van der Waals surface area contributed by atoms with Crippen LogP contribution in [-0.2, 0) is 0 Å². The first-order valence-electron chi connectivity index (χ1n) is 6.35. The van der Waals surface area contributed by atoms with Crippen LogP contribution in [0, 0.1) is 6.92 Å². The molecule has 3 N–H and O–H groups in total. The van der Waals surface area contributed by atoms with Gasteiger partial charge in [-0.1, -0.05) is 42.5 Å². The molecular formula is C17H16N2. The predicted molar refractivity (Wildman–Crippen MR) is 82.8 cm³/mol. The van der Waals surface area contributed by atoms with E-state index in [0.717, 1.165) is 33.4 Å². The zero-order valence-corrected chi connectivity index (χ0v) is 10.9. The number of anilines is 3. The summed E-state index contributed by atoms with van der Waals surface area (Å²) in [4.78, 5) is 0. The van der Waals surface area contributed by atoms with Gasteiger partial charge in [0.2, 0.25) is 0 Å². The summed E-state index contributed by atoms with van der Waals surface area (Å²) in [6, 6.07) is 20.4. The highest BCUT2D eigenvalue weighted by atomic mass is 14.9. The fourth-order valence-electron chi connectivity index (χ4n) is 2.38. The summed E-state index contributed by atoms with van der Waals surface area (Å²) >= 11 is 0. The Labute approximate surface area is 112 Å². The van der Waals surface area contributed by atoms with Crippen molar-refractivity contribution in [1.82, 2.24) is 0 Å². The Hall–Kier alpha value is -2.48. The lowest BCUT2D eigenvalue weighted by atomic mass is 10.0. The lowest BCUT2D eigenvalue weighted by molar-refractivity contribution is 1.46. The van der Waals surface area contributed by atoms with Crippen LogP contribution in [-0.4, -0.2) is 0 Å². The number of fused-ring (bicyclic) bond motifs is 1. The van der Waals surface area contributed by atoms with Crippen molar-refractivity contribution >= 4 is 27.8 Å². The number of nitrogen functional groups attached to an aromatic ring is 1. The largest absolute Gasteiger partial charge is 0.398 e. The molecule has 2 nitrogen and oxygen atoms in total. The second kappa shape index (κ2) is 4.65. The standard InChI is InChI=1S/C17H16N2/c1-12-11-16(18)14-9-5-6-10-15(14)17(12)19-13-7-3-2-4-8-13/h2-11,19H,18H2,1H3. The maximum Gasteiger partial charge on any atom is 0.0495 e. The first kappa shape index (κ1) is 11.6. The molecule has 0 aliphatic heterocycles. The first-order chi connectivity index (χ1) is 9.25. The Bertz CT molecular complexity index is 718. The van der Waals surface area contributed by atoms with Gasteiger partial charge >= 0.3 is 0 Å². The molecule has 0 amide bonds. The average Bonchev–Trinajstić information content (AvgIpc) is 2.45. The maximum atomic E-state index is 6.09. The second-order valence-electron chi connectivity index (χ2n) is 4.69. The van der Waals surface area contributed by atoms with Crippen molar-refractivity contribution in [3.05, 3.63) is 66.2 Å². The molecule has 0 saturated carbocycles. The molecule has 0 atom stereocenters. The van der Waals surface area contributed by atoms with Crippen molar-refractivity contribution in [2.24, 2.45) is 0 Å². The van der Waals surface area contributed by atoms with Gasteiger partial charge in [-0.05, 0) is 30.7 Å². The normalized spacial score (nSPS) is 10.6. The van der Waals surface area contributed by atoms with Crippen molar-refractivity contribution in [3.8, 4) is 0 Å². The Morgan fingerprint density at radius 2 is 1.47 bits per heavy atom. The molecule has 2 heteroatoms. The fraction of sp³-hybridized carbons (Fsp3) is 0.0588. The highest BCUT2D eigenvalue weighted by molar-refractivity contribution is 6.03. The van der Waals surface area contributed by atoms with Crippen LogP contribution in [0.1, 0.15) is 5.56 Å². The van der Waals surface area contributed by atoms with Gasteiger partial charge in [0.1, 0.15) is 0 Å². The van der Waals surface area contributed by atoms with Gasteiger partial charge in [-0.3, -0.25) is 0 Å². The van der Waals surface area contributed by atoms with E-state index in [1.54, 1.807) is 0 Å². The van der Waals surface area contributed by atoms with E-state index >= 15 is 0 Å². The zero-order valence-electron chi connectivity index (χ0n) is 10.9. The number of nitrogens with one attached hydrogen (secondary N) is 1. The molecule has 0 saturated heterocycles. The van der Waals surface area contributed by atoms with E-state index in [-0.39, 0.29) is 0 Å². The quantitative estimate of drug-likeness (QED) is 0.656. The first-order valence-corrected chi connectivity index (χ1v) is 6.35. The van der Waals surface area contributed by atoms with Crippen LogP contribution in [0.2, 0.25) is 0 Å². The van der Waals surface area contributed by atoms with Crippen molar-refractivity contribution in [1.29, 1.82) is 0 Å². The zero-order chi connectivity index (χ0) is 13.2. The molecule has 3 aromatic rings. The lowest BCUT2D eigenvalue weighted by Gasteiger charge is -2.14. The molecule has 0 fully saturated rings. The number of benzene rings is 3. The van der Waals surface area contributed by atoms with E-state index in [1.165, 1.54) is 0 Å². The van der Waals surface area contributed by atoms with E-state index < -0.39 is 0 Å². The van der Waals surface area contributed by atoms with E-state index in [9.17, 15) is 0 Å². The lowest BCUT2D eigenvalue weighted by Crippen LogP contribution is -1.97. The summed E-state index contributed by atoms with van der Waals surface area (Å²) in [7, 11) is 0. The van der Waals surface area contributed by atoms with Gasteiger partial charge in [0.15, 0.2) is 0 Å². The molecule has 0 heterocycles. The molecule has 19 heavy (non-hydrogen) atoms. The molecule has 3 aromatic carbocycles. The maximum absolute atomic E-state index is 6.09. The predicted octanol–water partition coefficient (Wildman–Crippen LogP) is 4.47. The summed E-state index contributed by atoms with van der Waals surface area (Å²) in [6.07, 6.45) is 0. The van der Waals surface area contributed by atoms with Crippen LogP contribution in [0.3, 0.4) is 0 Å². The molecule has 0 unspecified atom stereocenters. The number of hydrogen-bond acceptors (Lipinski definition) is 2. The van der Waals surface area contributed by atoms with Crippen LogP contribution in [0.15, 0.2) is 60.7 Å². The van der Waals surface area contributed by atoms with Gasteiger partial charge in [-0.15, -0.1) is 0 Å². The van der Waals surface area contributed by atoms with Gasteiger partial charge in [0.25, 0.3) is 0 Å². The van der Waals surface area contributed by atoms with E-state index in [4.69, 9.17) is 5.73 Å². The highest BCUT2D eigenvalue weighted by Gasteiger charge is 2.07. The van der Waals surface area contributed by atoms with E-state index in [2.05, 4.69) is 36.5 Å². The number of rotatable bonds is 2. The van der Waals surface area contributed by atoms with Crippen LogP contribution >= 0.6 is 0 Å². The van der Waals surface area contributed by atoms with Crippen molar-refractivity contribution in [2.45, 2.75) is 6.92 Å². The SMILES string of the molecule is Cc1cc(N)c2ccccc2c1Nc1ccccc1. The average molecular weight is 248 g/mol. The Balaban J connectivity index is 2.18. The molecule has 0 aliphatic carbocycles. The summed E-state index contributed by atoms with van der Waals surface area (Å²) < 4.78 is 0. The summed E-state index contributed by atoms with van der Waals surface area (Å²) in [5.41, 5.74) is 10.3. The van der Waals surface area contributed by atoms with Crippen molar-refractivity contribution in [2.75, 3.05) is 11.1 Å². The molecule has 3 rings (SSSR count). The fourth-order valence-corrected chi connectivity index (χ4v) is 2.38. The second-order valence-corrected chi connectivity index (χ2v) is 4.69. The van der Waals surface area contributed by atoms with Gasteiger partial charge in [0, 0.05) is 27.8 Å². The smallest absolute Gasteiger partial charge is 0.0495 e. The molecule has 0 aliphatic rings. The third kappa shape index (κ3) is 2.13. The molecule has 94 valence electrons. The third-order valence-corrected chi connectivity index (χ3v) is 3.32. The van der Waals surface area contributed by atoms with Crippen LogP contribution < -0.4 is 11.1 Å². The van der Waals surface area contributed by atoms with E-state index in [0.29, 0.717) is 0 Å². The van der Waals surface area contributed by atoms with Gasteiger partial charge in [0.05, 0.1) is 0 Å². The van der Waals surface area contributed by atoms with Gasteiger partial charge in [-0.25, -0.2) is 0 Å². The van der Waals surface area contributed by atoms with Crippen molar-refractivity contribution in [3.63, 3.8) is 0 Å². The molecule has 0 spiro atoms. The third-order valence-electron chi connectivity index (χ3n) is 3.32. The van der Waals surface area contributed by atoms with Crippen LogP contribution in [0.25, 0.3) is 10.8 Å².